The molecule has 1 aliphatic heterocycles. The molecule has 0 radical (unpaired) electrons. The van der Waals surface area contributed by atoms with Gasteiger partial charge in [-0.15, -0.1) is 5.53 Å². The topological polar surface area (TPSA) is 174 Å². The van der Waals surface area contributed by atoms with Crippen LogP contribution in [0.25, 0.3) is 21.7 Å². The highest BCUT2D eigenvalue weighted by Gasteiger charge is 2.20. The van der Waals surface area contributed by atoms with Gasteiger partial charge in [0.1, 0.15) is 11.5 Å². The molecule has 0 fully saturated rings. The van der Waals surface area contributed by atoms with Crippen molar-refractivity contribution in [1.82, 2.24) is 15.9 Å². The number of thiazole rings is 1. The lowest BCUT2D eigenvalue weighted by molar-refractivity contribution is -0.385. The molecule has 1 aliphatic rings. The minimum atomic E-state index is -1.31. The molecule has 0 aliphatic carbocycles. The SMILES string of the molecule is COc1ccc(-c2nc(N/N=C(\Cc3ccccc3[N+](=O)[O-])C(=O)O)sc2-c2ccc(N3C=C(CO)NN3)cc2)cc1. The number of anilines is 2. The number of nitrogens with zero attached hydrogens (tertiary/aromatic N) is 4. The van der Waals surface area contributed by atoms with Gasteiger partial charge in [-0.1, -0.05) is 41.7 Å². The molecule has 5 rings (SSSR count). The van der Waals surface area contributed by atoms with E-state index in [-0.39, 0.29) is 30.0 Å². The summed E-state index contributed by atoms with van der Waals surface area (Å²) in [5.41, 5.74) is 12.1. The number of aliphatic carboxylic acids is 1. The van der Waals surface area contributed by atoms with Crippen molar-refractivity contribution < 1.29 is 24.7 Å². The number of ether oxygens (including phenoxy) is 1. The number of aliphatic hydroxyl groups is 1. The van der Waals surface area contributed by atoms with E-state index in [4.69, 9.17) is 9.72 Å². The molecule has 3 aromatic carbocycles. The first-order chi connectivity index (χ1) is 20.4. The number of nitrogens with one attached hydrogen (secondary N) is 3. The van der Waals surface area contributed by atoms with Crippen molar-refractivity contribution in [2.24, 2.45) is 5.10 Å². The second-order valence-electron chi connectivity index (χ2n) is 8.93. The third-order valence-corrected chi connectivity index (χ3v) is 7.28. The number of hydrazone groups is 1. The lowest BCUT2D eigenvalue weighted by Gasteiger charge is -2.15. The summed E-state index contributed by atoms with van der Waals surface area (Å²) in [7, 11) is 1.58. The molecular weight excluding hydrogens is 562 g/mol. The maximum absolute atomic E-state index is 12.0. The fourth-order valence-electron chi connectivity index (χ4n) is 4.15. The number of carboxylic acid groups (broad SMARTS) is 1. The van der Waals surface area contributed by atoms with Crippen LogP contribution in [0.4, 0.5) is 16.5 Å². The molecule has 0 atom stereocenters. The molecule has 214 valence electrons. The van der Waals surface area contributed by atoms with Crippen molar-refractivity contribution in [2.75, 3.05) is 24.2 Å². The highest BCUT2D eigenvalue weighted by atomic mass is 32.1. The number of aliphatic hydroxyl groups excluding tert-OH is 1. The monoisotopic (exact) mass is 587 g/mol. The second-order valence-corrected chi connectivity index (χ2v) is 9.93. The number of hydrogen-bond donors (Lipinski definition) is 5. The Morgan fingerprint density at radius 1 is 1.12 bits per heavy atom. The van der Waals surface area contributed by atoms with Crippen LogP contribution >= 0.6 is 11.3 Å². The van der Waals surface area contributed by atoms with Crippen molar-refractivity contribution in [2.45, 2.75) is 6.42 Å². The van der Waals surface area contributed by atoms with Crippen LogP contribution in [0.3, 0.4) is 0 Å². The van der Waals surface area contributed by atoms with Crippen molar-refractivity contribution in [3.8, 4) is 27.4 Å². The van der Waals surface area contributed by atoms with E-state index in [0.29, 0.717) is 22.3 Å². The Bertz CT molecular complexity index is 1670. The van der Waals surface area contributed by atoms with E-state index >= 15 is 0 Å². The summed E-state index contributed by atoms with van der Waals surface area (Å²) in [5.74, 6) is -0.627. The Balaban J connectivity index is 1.47. The van der Waals surface area contributed by atoms with E-state index in [1.807, 2.05) is 48.5 Å². The smallest absolute Gasteiger partial charge is 0.352 e. The number of hydrogen-bond acceptors (Lipinski definition) is 12. The predicted molar refractivity (Wildman–Crippen MR) is 159 cm³/mol. The third kappa shape index (κ3) is 6.20. The van der Waals surface area contributed by atoms with E-state index in [1.165, 1.54) is 29.5 Å². The Labute approximate surface area is 243 Å². The average molecular weight is 588 g/mol. The number of benzene rings is 3. The van der Waals surface area contributed by atoms with Gasteiger partial charge in [-0.3, -0.25) is 20.5 Å². The number of aromatic nitrogens is 1. The molecule has 4 aromatic rings. The van der Waals surface area contributed by atoms with Crippen molar-refractivity contribution in [3.63, 3.8) is 0 Å². The summed E-state index contributed by atoms with van der Waals surface area (Å²) in [6.45, 7) is -0.127. The number of nitro benzene ring substituents is 1. The summed E-state index contributed by atoms with van der Waals surface area (Å²) in [4.78, 5) is 28.3. The van der Waals surface area contributed by atoms with Crippen LogP contribution < -0.4 is 26.1 Å². The van der Waals surface area contributed by atoms with E-state index < -0.39 is 10.9 Å². The molecule has 0 saturated carbocycles. The summed E-state index contributed by atoms with van der Waals surface area (Å²) < 4.78 is 5.28. The Hall–Kier alpha value is -5.31. The van der Waals surface area contributed by atoms with E-state index in [2.05, 4.69) is 21.5 Å². The highest BCUT2D eigenvalue weighted by molar-refractivity contribution is 7.19. The summed E-state index contributed by atoms with van der Waals surface area (Å²) >= 11 is 1.28. The van der Waals surface area contributed by atoms with E-state index in [0.717, 1.165) is 21.7 Å². The molecule has 42 heavy (non-hydrogen) atoms. The average Bonchev–Trinajstić information content (AvgIpc) is 3.67. The quantitative estimate of drug-likeness (QED) is 0.0968. The molecule has 14 heteroatoms. The molecule has 1 aromatic heterocycles. The van der Waals surface area contributed by atoms with Crippen molar-refractivity contribution in [1.29, 1.82) is 0 Å². The molecular formula is C28H25N7O6S. The standard InChI is InChI=1S/C28H25N7O6S/c1-41-22-12-8-17(9-13-22)25-26(18-6-10-21(11-7-18)34-15-20(16-36)30-33-34)42-28(29-25)32-31-23(27(37)38)14-19-4-2-3-5-24(19)35(39)40/h2-13,15,30,33,36H,14,16H2,1H3,(H,29,32)(H,37,38)/b31-23+. The number of nitro groups is 1. The van der Waals surface area contributed by atoms with E-state index in [9.17, 15) is 25.1 Å². The third-order valence-electron chi connectivity index (χ3n) is 6.27. The largest absolute Gasteiger partial charge is 0.497 e. The van der Waals surface area contributed by atoms with Gasteiger partial charge in [0.15, 0.2) is 0 Å². The van der Waals surface area contributed by atoms with Gasteiger partial charge in [0.25, 0.3) is 5.69 Å². The van der Waals surface area contributed by atoms with Gasteiger partial charge in [-0.05, 0) is 42.0 Å². The molecule has 13 nitrogen and oxygen atoms in total. The summed E-state index contributed by atoms with van der Waals surface area (Å²) in [5, 5.41) is 36.6. The predicted octanol–water partition coefficient (Wildman–Crippen LogP) is 4.15. The van der Waals surface area contributed by atoms with Crippen LogP contribution in [-0.2, 0) is 11.2 Å². The maximum atomic E-state index is 12.0. The number of para-hydroxylation sites is 1. The zero-order valence-corrected chi connectivity index (χ0v) is 23.0. The first-order valence-corrected chi connectivity index (χ1v) is 13.3. The molecule has 0 spiro atoms. The lowest BCUT2D eigenvalue weighted by atomic mass is 10.1. The minimum absolute atomic E-state index is 0.127. The summed E-state index contributed by atoms with van der Waals surface area (Å²) in [6, 6.07) is 21.0. The van der Waals surface area contributed by atoms with Crippen LogP contribution in [-0.4, -0.2) is 45.5 Å². The van der Waals surface area contributed by atoms with Crippen molar-refractivity contribution in [3.05, 3.63) is 100 Å². The van der Waals surface area contributed by atoms with Crippen molar-refractivity contribution >= 4 is 39.5 Å². The van der Waals surface area contributed by atoms with Crippen LogP contribution in [0.15, 0.2) is 89.8 Å². The second kappa shape index (κ2) is 12.5. The Kier molecular flexibility index (Phi) is 8.38. The maximum Gasteiger partial charge on any atom is 0.352 e. The van der Waals surface area contributed by atoms with Gasteiger partial charge in [-0.25, -0.2) is 9.78 Å². The minimum Gasteiger partial charge on any atom is -0.497 e. The molecule has 0 amide bonds. The van der Waals surface area contributed by atoms with Crippen LogP contribution in [0.2, 0.25) is 0 Å². The number of rotatable bonds is 11. The van der Waals surface area contributed by atoms with E-state index in [1.54, 1.807) is 24.4 Å². The fraction of sp³-hybridized carbons (Fsp3) is 0.107. The van der Waals surface area contributed by atoms with Gasteiger partial charge >= 0.3 is 5.97 Å². The summed E-state index contributed by atoms with van der Waals surface area (Å²) in [6.07, 6.45) is 1.49. The molecule has 0 saturated heterocycles. The van der Waals surface area contributed by atoms with Gasteiger partial charge in [0, 0.05) is 29.8 Å². The number of carboxylic acids is 1. The molecule has 0 unspecified atom stereocenters. The first kappa shape index (κ1) is 28.2. The lowest BCUT2D eigenvalue weighted by Crippen LogP contribution is -2.36. The number of hydrazine groups is 2. The zero-order chi connectivity index (χ0) is 29.6. The van der Waals surface area contributed by atoms with Gasteiger partial charge in [-0.2, -0.15) is 5.10 Å². The highest BCUT2D eigenvalue weighted by Crippen LogP contribution is 2.40. The fourth-order valence-corrected chi connectivity index (χ4v) is 5.09. The Morgan fingerprint density at radius 2 is 1.83 bits per heavy atom. The van der Waals surface area contributed by atoms with Gasteiger partial charge < -0.3 is 20.4 Å². The van der Waals surface area contributed by atoms with Gasteiger partial charge in [0.05, 0.1) is 40.6 Å². The normalized spacial score (nSPS) is 13.0. The molecule has 5 N–H and O–H groups in total. The number of carbonyl (C=O) groups is 1. The van der Waals surface area contributed by atoms with Crippen LogP contribution in [0.1, 0.15) is 5.56 Å². The van der Waals surface area contributed by atoms with Gasteiger partial charge in [0.2, 0.25) is 5.13 Å². The Morgan fingerprint density at radius 3 is 2.48 bits per heavy atom. The zero-order valence-electron chi connectivity index (χ0n) is 22.1. The number of methoxy groups -OCH3 is 1. The van der Waals surface area contributed by atoms with Crippen LogP contribution in [0.5, 0.6) is 5.75 Å². The van der Waals surface area contributed by atoms with Crippen LogP contribution in [0, 0.1) is 10.1 Å². The molecule has 2 heterocycles. The first-order valence-electron chi connectivity index (χ1n) is 12.5. The molecule has 0 bridgehead atoms.